The van der Waals surface area contributed by atoms with Crippen molar-refractivity contribution < 1.29 is 9.53 Å². The molecule has 1 rings (SSSR count). The van der Waals surface area contributed by atoms with Crippen LogP contribution in [-0.4, -0.2) is 22.6 Å². The second-order valence-corrected chi connectivity index (χ2v) is 6.28. The fourth-order valence-electron chi connectivity index (χ4n) is 1.55. The summed E-state index contributed by atoms with van der Waals surface area (Å²) < 4.78 is 5.76. The molecule has 0 aliphatic carbocycles. The lowest BCUT2D eigenvalue weighted by Gasteiger charge is -2.10. The van der Waals surface area contributed by atoms with Crippen LogP contribution in [0.15, 0.2) is 43.0 Å². The maximum absolute atomic E-state index is 11.3. The fraction of sp³-hybridized carbons (Fsp3) is 0.400. The summed E-state index contributed by atoms with van der Waals surface area (Å²) in [4.78, 5) is 11.3. The van der Waals surface area contributed by atoms with E-state index < -0.39 is 0 Å². The smallest absolute Gasteiger partial charge is 0.246 e. The van der Waals surface area contributed by atoms with Crippen LogP contribution in [-0.2, 0) is 11.3 Å². The summed E-state index contributed by atoms with van der Waals surface area (Å²) in [5.41, 5.74) is 1.19. The number of hydrogen-bond acceptors (Lipinski definition) is 4. The molecule has 0 N–H and O–H groups in total. The molecule has 1 unspecified atom stereocenters. The van der Waals surface area contributed by atoms with E-state index >= 15 is 0 Å². The zero-order valence-corrected chi connectivity index (χ0v) is 12.8. The van der Waals surface area contributed by atoms with Gasteiger partial charge in [-0.2, -0.15) is 0 Å². The molecular weight excluding hydrogens is 276 g/mol. The Balaban J connectivity index is 2.12. The summed E-state index contributed by atoms with van der Waals surface area (Å²) in [5, 5.41) is 0.195. The first kappa shape index (κ1) is 16.3. The van der Waals surface area contributed by atoms with Gasteiger partial charge in [-0.3, -0.25) is 4.79 Å². The van der Waals surface area contributed by atoms with Gasteiger partial charge in [0, 0.05) is 11.9 Å². The van der Waals surface area contributed by atoms with Gasteiger partial charge in [-0.1, -0.05) is 59.9 Å². The van der Waals surface area contributed by atoms with Crippen LogP contribution in [0.1, 0.15) is 18.4 Å². The van der Waals surface area contributed by atoms with Crippen LogP contribution in [0.3, 0.4) is 0 Å². The minimum Gasteiger partial charge on any atom is -0.377 e. The quantitative estimate of drug-likeness (QED) is 0.510. The highest BCUT2D eigenvalue weighted by atomic mass is 32.2. The molecule has 0 saturated carbocycles. The second-order valence-electron chi connectivity index (χ2n) is 4.03. The Kier molecular flexibility index (Phi) is 8.71. The fourth-order valence-corrected chi connectivity index (χ4v) is 2.93. The third-order valence-electron chi connectivity index (χ3n) is 2.57. The molecule has 0 spiro atoms. The Morgan fingerprint density at radius 2 is 2.16 bits per heavy atom. The van der Waals surface area contributed by atoms with Gasteiger partial charge in [0.25, 0.3) is 0 Å². The molecule has 0 saturated heterocycles. The van der Waals surface area contributed by atoms with Gasteiger partial charge in [0.1, 0.15) is 0 Å². The Labute approximate surface area is 124 Å². The lowest BCUT2D eigenvalue weighted by atomic mass is 10.2. The minimum atomic E-state index is 0.148. The highest BCUT2D eigenvalue weighted by Gasteiger charge is 2.10. The van der Waals surface area contributed by atoms with Crippen LogP contribution >= 0.6 is 23.5 Å². The van der Waals surface area contributed by atoms with Crippen molar-refractivity contribution in [2.75, 3.05) is 12.9 Å². The van der Waals surface area contributed by atoms with Crippen molar-refractivity contribution in [1.29, 1.82) is 0 Å². The average molecular weight is 296 g/mol. The number of benzene rings is 1. The summed E-state index contributed by atoms with van der Waals surface area (Å²) in [6.07, 6.45) is 5.52. The molecular formula is C15H20O2S2. The molecule has 104 valence electrons. The molecule has 0 radical (unpaired) electrons. The number of carbonyl (C=O) groups excluding carboxylic acids is 1. The van der Waals surface area contributed by atoms with Crippen molar-refractivity contribution in [3.63, 3.8) is 0 Å². The van der Waals surface area contributed by atoms with E-state index in [1.165, 1.54) is 29.1 Å². The Bertz CT molecular complexity index is 379. The predicted octanol–water partition coefficient (Wildman–Crippen LogP) is 4.75. The first-order chi connectivity index (χ1) is 9.26. The highest BCUT2D eigenvalue weighted by Crippen LogP contribution is 2.23. The topological polar surface area (TPSA) is 26.3 Å². The molecule has 0 aliphatic heterocycles. The van der Waals surface area contributed by atoms with E-state index in [9.17, 15) is 4.79 Å². The highest BCUT2D eigenvalue weighted by molar-refractivity contribution is 8.38. The van der Waals surface area contributed by atoms with Crippen LogP contribution in [0.25, 0.3) is 0 Å². The molecule has 0 heterocycles. The average Bonchev–Trinajstić information content (AvgIpc) is 2.46. The lowest BCUT2D eigenvalue weighted by Crippen LogP contribution is -2.03. The van der Waals surface area contributed by atoms with Gasteiger partial charge < -0.3 is 4.74 Å². The first-order valence-corrected chi connectivity index (χ1v) is 8.35. The maximum Gasteiger partial charge on any atom is 0.246 e. The zero-order valence-electron chi connectivity index (χ0n) is 11.2. The van der Waals surface area contributed by atoms with Gasteiger partial charge in [0.05, 0.1) is 6.61 Å². The van der Waals surface area contributed by atoms with Crippen molar-refractivity contribution in [3.8, 4) is 0 Å². The molecule has 1 aromatic rings. The van der Waals surface area contributed by atoms with E-state index in [1.54, 1.807) is 6.26 Å². The van der Waals surface area contributed by atoms with Crippen molar-refractivity contribution in [2.45, 2.75) is 24.7 Å². The van der Waals surface area contributed by atoms with Gasteiger partial charge in [-0.05, 0) is 24.7 Å². The van der Waals surface area contributed by atoms with Crippen molar-refractivity contribution in [3.05, 3.63) is 48.6 Å². The van der Waals surface area contributed by atoms with Crippen LogP contribution in [0.4, 0.5) is 4.79 Å². The first-order valence-electron chi connectivity index (χ1n) is 6.25. The van der Waals surface area contributed by atoms with Crippen LogP contribution in [0.5, 0.6) is 0 Å². The number of carbonyl (C=O) groups is 1. The van der Waals surface area contributed by atoms with E-state index in [1.807, 2.05) is 24.3 Å². The minimum absolute atomic E-state index is 0.148. The normalized spacial score (nSPS) is 12.1. The van der Waals surface area contributed by atoms with E-state index in [-0.39, 0.29) is 9.70 Å². The molecule has 19 heavy (non-hydrogen) atoms. The van der Waals surface area contributed by atoms with Crippen molar-refractivity contribution in [2.24, 2.45) is 0 Å². The van der Waals surface area contributed by atoms with Gasteiger partial charge in [0.2, 0.25) is 4.45 Å². The number of ether oxygens (including phenoxy) is 1. The molecule has 0 aromatic heterocycles. The van der Waals surface area contributed by atoms with E-state index in [0.29, 0.717) is 13.2 Å². The van der Waals surface area contributed by atoms with Crippen molar-refractivity contribution in [1.82, 2.24) is 0 Å². The van der Waals surface area contributed by atoms with E-state index in [4.69, 9.17) is 4.74 Å². The second kappa shape index (κ2) is 10.1. The summed E-state index contributed by atoms with van der Waals surface area (Å²) in [6.45, 7) is 5.14. The van der Waals surface area contributed by atoms with Gasteiger partial charge >= 0.3 is 0 Å². The largest absolute Gasteiger partial charge is 0.377 e. The summed E-state index contributed by atoms with van der Waals surface area (Å²) >= 11 is 2.60. The zero-order chi connectivity index (χ0) is 13.9. The van der Waals surface area contributed by atoms with Crippen LogP contribution in [0.2, 0.25) is 0 Å². The van der Waals surface area contributed by atoms with Gasteiger partial charge in [-0.25, -0.2) is 0 Å². The van der Waals surface area contributed by atoms with Crippen molar-refractivity contribution >= 4 is 28.0 Å². The molecule has 0 fully saturated rings. The molecule has 4 heteroatoms. The lowest BCUT2D eigenvalue weighted by molar-refractivity contribution is 0.117. The Morgan fingerprint density at radius 3 is 2.79 bits per heavy atom. The molecule has 0 bridgehead atoms. The van der Waals surface area contributed by atoms with Crippen LogP contribution < -0.4 is 0 Å². The summed E-state index contributed by atoms with van der Waals surface area (Å²) in [5.74, 6) is 0. The van der Waals surface area contributed by atoms with Gasteiger partial charge in [0.15, 0.2) is 0 Å². The monoisotopic (exact) mass is 296 g/mol. The maximum atomic E-state index is 11.3. The predicted molar refractivity (Wildman–Crippen MR) is 85.8 cm³/mol. The number of hydrogen-bond donors (Lipinski definition) is 0. The standard InChI is InChI=1S/C15H20O2S2/c1-3-14(19-15(16)18-2)10-7-11-17-12-13-8-5-4-6-9-13/h3-6,8-9,14H,1,7,10-12H2,2H3. The third kappa shape index (κ3) is 7.45. The Hall–Kier alpha value is -0.710. The molecule has 0 aliphatic rings. The molecule has 1 atom stereocenters. The summed E-state index contributed by atoms with van der Waals surface area (Å²) in [6, 6.07) is 10.1. The van der Waals surface area contributed by atoms with Crippen LogP contribution in [0, 0.1) is 0 Å². The van der Waals surface area contributed by atoms with E-state index in [0.717, 1.165) is 12.8 Å². The molecule has 0 amide bonds. The number of thioether (sulfide) groups is 2. The SMILES string of the molecule is C=CC(CCCOCc1ccccc1)SC(=O)SC. The Morgan fingerprint density at radius 1 is 1.42 bits per heavy atom. The number of rotatable bonds is 8. The molecule has 1 aromatic carbocycles. The van der Waals surface area contributed by atoms with Gasteiger partial charge in [-0.15, -0.1) is 6.58 Å². The third-order valence-corrected chi connectivity index (χ3v) is 4.61. The van der Waals surface area contributed by atoms with E-state index in [2.05, 4.69) is 18.7 Å². The summed E-state index contributed by atoms with van der Waals surface area (Å²) in [7, 11) is 0. The molecule has 2 nitrogen and oxygen atoms in total.